The molecule has 4 fully saturated rings. The van der Waals surface area contributed by atoms with Gasteiger partial charge in [-0.2, -0.15) is 0 Å². The van der Waals surface area contributed by atoms with Gasteiger partial charge in [-0.1, -0.05) is 13.8 Å². The minimum atomic E-state index is -0.344. The molecule has 0 bridgehead atoms. The monoisotopic (exact) mass is 336 g/mol. The number of methoxy groups -OCH3 is 2. The second-order valence-corrected chi connectivity index (χ2v) is 9.82. The lowest BCUT2D eigenvalue weighted by Crippen LogP contribution is -2.56. The van der Waals surface area contributed by atoms with E-state index in [0.29, 0.717) is 5.41 Å². The van der Waals surface area contributed by atoms with E-state index >= 15 is 0 Å². The number of hydrogen-bond donors (Lipinski definition) is 1. The molecule has 0 amide bonds. The van der Waals surface area contributed by atoms with Gasteiger partial charge >= 0.3 is 0 Å². The molecule has 3 nitrogen and oxygen atoms in total. The Bertz CT molecular complexity index is 487. The van der Waals surface area contributed by atoms with Crippen LogP contribution in [0.3, 0.4) is 0 Å². The van der Waals surface area contributed by atoms with Gasteiger partial charge in [0.2, 0.25) is 0 Å². The Balaban J connectivity index is 1.59. The van der Waals surface area contributed by atoms with Crippen LogP contribution in [0, 0.1) is 34.5 Å². The van der Waals surface area contributed by atoms with E-state index in [-0.39, 0.29) is 17.3 Å². The Morgan fingerprint density at radius 3 is 2.21 bits per heavy atom. The van der Waals surface area contributed by atoms with Crippen molar-refractivity contribution in [1.29, 1.82) is 0 Å². The third-order valence-corrected chi connectivity index (χ3v) is 9.36. The van der Waals surface area contributed by atoms with Crippen molar-refractivity contribution >= 4 is 0 Å². The molecule has 0 aromatic carbocycles. The Kier molecular flexibility index (Phi) is 4.10. The maximum absolute atomic E-state index is 10.6. The zero-order valence-electron chi connectivity index (χ0n) is 16.0. The minimum Gasteiger partial charge on any atom is -0.393 e. The third kappa shape index (κ3) is 2.20. The van der Waals surface area contributed by atoms with Crippen molar-refractivity contribution in [2.45, 2.75) is 83.5 Å². The summed E-state index contributed by atoms with van der Waals surface area (Å²) in [5.74, 6) is 2.80. The summed E-state index contributed by atoms with van der Waals surface area (Å²) in [7, 11) is 3.62. The summed E-state index contributed by atoms with van der Waals surface area (Å²) in [6.07, 6.45) is 10.7. The van der Waals surface area contributed by atoms with Crippen LogP contribution in [0.1, 0.15) is 71.6 Å². The number of aliphatic hydroxyl groups excluding tert-OH is 1. The first kappa shape index (κ1) is 17.3. The van der Waals surface area contributed by atoms with Gasteiger partial charge in [0.1, 0.15) is 0 Å². The molecule has 4 aliphatic rings. The van der Waals surface area contributed by atoms with E-state index in [9.17, 15) is 5.11 Å². The first-order valence-corrected chi connectivity index (χ1v) is 10.2. The zero-order valence-corrected chi connectivity index (χ0v) is 16.0. The predicted octanol–water partition coefficient (Wildman–Crippen LogP) is 4.38. The third-order valence-electron chi connectivity index (χ3n) is 9.36. The lowest BCUT2D eigenvalue weighted by atomic mass is 9.45. The average molecular weight is 337 g/mol. The van der Waals surface area contributed by atoms with E-state index in [0.717, 1.165) is 42.9 Å². The highest BCUT2D eigenvalue weighted by Crippen LogP contribution is 2.67. The van der Waals surface area contributed by atoms with E-state index in [1.165, 1.54) is 38.5 Å². The van der Waals surface area contributed by atoms with Crippen LogP contribution in [-0.2, 0) is 9.47 Å². The predicted molar refractivity (Wildman–Crippen MR) is 94.5 cm³/mol. The first-order valence-electron chi connectivity index (χ1n) is 10.2. The molecular weight excluding hydrogens is 300 g/mol. The highest BCUT2D eigenvalue weighted by Gasteiger charge is 2.61. The smallest absolute Gasteiger partial charge is 0.167 e. The van der Waals surface area contributed by atoms with Crippen molar-refractivity contribution in [3.05, 3.63) is 0 Å². The first-order chi connectivity index (χ1) is 11.4. The van der Waals surface area contributed by atoms with Gasteiger partial charge in [-0.05, 0) is 79.4 Å². The highest BCUT2D eigenvalue weighted by molar-refractivity contribution is 5.10. The number of rotatable bonds is 2. The summed E-state index contributed by atoms with van der Waals surface area (Å²) in [5, 5.41) is 10.6. The number of hydrogen-bond acceptors (Lipinski definition) is 3. The fourth-order valence-corrected chi connectivity index (χ4v) is 7.62. The van der Waals surface area contributed by atoms with Crippen LogP contribution < -0.4 is 0 Å². The minimum absolute atomic E-state index is 0.0602. The Labute approximate surface area is 147 Å². The molecule has 4 saturated carbocycles. The number of aliphatic hydroxyl groups is 1. The highest BCUT2D eigenvalue weighted by atomic mass is 16.7. The van der Waals surface area contributed by atoms with E-state index in [2.05, 4.69) is 13.8 Å². The van der Waals surface area contributed by atoms with Crippen molar-refractivity contribution in [2.75, 3.05) is 14.2 Å². The molecular formula is C21H36O3. The van der Waals surface area contributed by atoms with Crippen LogP contribution in [0.2, 0.25) is 0 Å². The molecule has 3 heteroatoms. The van der Waals surface area contributed by atoms with E-state index < -0.39 is 0 Å². The van der Waals surface area contributed by atoms with Crippen LogP contribution in [0.15, 0.2) is 0 Å². The molecule has 0 heterocycles. The lowest BCUT2D eigenvalue weighted by Gasteiger charge is -2.61. The molecule has 0 aliphatic heterocycles. The molecule has 138 valence electrons. The normalized spacial score (nSPS) is 53.1. The standard InChI is InChI=1S/C21H36O3/c1-19-11-12-21(23-3,24-4)13-14(19)5-6-15-16-7-8-18(22)20(16,2)10-9-17(15)19/h14-18,22H,5-13H2,1-4H3/t14-,15-,16-,17+,18-,19-,20-/m0/s1. The van der Waals surface area contributed by atoms with Crippen molar-refractivity contribution in [1.82, 2.24) is 0 Å². The Hall–Kier alpha value is -0.120. The van der Waals surface area contributed by atoms with Crippen LogP contribution in [0.5, 0.6) is 0 Å². The van der Waals surface area contributed by atoms with Gasteiger partial charge in [0.15, 0.2) is 5.79 Å². The quantitative estimate of drug-likeness (QED) is 0.761. The summed E-state index contributed by atoms with van der Waals surface area (Å²) < 4.78 is 11.6. The maximum Gasteiger partial charge on any atom is 0.167 e. The molecule has 4 rings (SSSR count). The number of fused-ring (bicyclic) bond motifs is 5. The molecule has 0 aromatic rings. The lowest BCUT2D eigenvalue weighted by molar-refractivity contribution is -0.261. The molecule has 1 N–H and O–H groups in total. The summed E-state index contributed by atoms with van der Waals surface area (Å²) in [6.45, 7) is 4.94. The van der Waals surface area contributed by atoms with Crippen LogP contribution in [-0.4, -0.2) is 31.2 Å². The average Bonchev–Trinajstić information content (AvgIpc) is 2.90. The summed E-state index contributed by atoms with van der Waals surface area (Å²) in [6, 6.07) is 0. The molecule has 7 atom stereocenters. The molecule has 0 aromatic heterocycles. The maximum atomic E-state index is 10.6. The largest absolute Gasteiger partial charge is 0.393 e. The fourth-order valence-electron chi connectivity index (χ4n) is 7.62. The second-order valence-electron chi connectivity index (χ2n) is 9.82. The van der Waals surface area contributed by atoms with Gasteiger partial charge in [-0.15, -0.1) is 0 Å². The van der Waals surface area contributed by atoms with E-state index in [1.807, 2.05) is 14.2 Å². The summed E-state index contributed by atoms with van der Waals surface area (Å²) >= 11 is 0. The molecule has 0 radical (unpaired) electrons. The molecule has 4 aliphatic carbocycles. The van der Waals surface area contributed by atoms with Crippen LogP contribution in [0.25, 0.3) is 0 Å². The van der Waals surface area contributed by atoms with Gasteiger partial charge in [0.05, 0.1) is 6.10 Å². The molecule has 0 spiro atoms. The van der Waals surface area contributed by atoms with Crippen molar-refractivity contribution in [2.24, 2.45) is 34.5 Å². The molecule has 0 saturated heterocycles. The van der Waals surface area contributed by atoms with Gasteiger partial charge in [-0.3, -0.25) is 0 Å². The van der Waals surface area contributed by atoms with Gasteiger partial charge in [-0.25, -0.2) is 0 Å². The second kappa shape index (κ2) is 5.69. The van der Waals surface area contributed by atoms with Crippen molar-refractivity contribution in [3.63, 3.8) is 0 Å². The van der Waals surface area contributed by atoms with Gasteiger partial charge in [0, 0.05) is 27.1 Å². The van der Waals surface area contributed by atoms with Crippen LogP contribution in [0.4, 0.5) is 0 Å². The SMILES string of the molecule is COC1(OC)CC[C@@]2(C)[C@@H](CC[C@@H]3[C@H]2CC[C@]2(C)[C@@H](O)CC[C@@H]32)C1. The Morgan fingerprint density at radius 2 is 1.50 bits per heavy atom. The summed E-state index contributed by atoms with van der Waals surface area (Å²) in [5.41, 5.74) is 0.639. The summed E-state index contributed by atoms with van der Waals surface area (Å²) in [4.78, 5) is 0. The molecule has 24 heavy (non-hydrogen) atoms. The van der Waals surface area contributed by atoms with Crippen molar-refractivity contribution < 1.29 is 14.6 Å². The van der Waals surface area contributed by atoms with Gasteiger partial charge in [0.25, 0.3) is 0 Å². The van der Waals surface area contributed by atoms with Crippen LogP contribution >= 0.6 is 0 Å². The van der Waals surface area contributed by atoms with Crippen molar-refractivity contribution in [3.8, 4) is 0 Å². The topological polar surface area (TPSA) is 38.7 Å². The zero-order chi connectivity index (χ0) is 17.2. The fraction of sp³-hybridized carbons (Fsp3) is 1.00. The number of ether oxygens (including phenoxy) is 2. The Morgan fingerprint density at radius 1 is 0.792 bits per heavy atom. The van der Waals surface area contributed by atoms with E-state index in [4.69, 9.17) is 9.47 Å². The van der Waals surface area contributed by atoms with Gasteiger partial charge < -0.3 is 14.6 Å². The van der Waals surface area contributed by atoms with E-state index in [1.54, 1.807) is 0 Å². The molecule has 0 unspecified atom stereocenters.